The molecule has 0 aliphatic heterocycles. The van der Waals surface area contributed by atoms with E-state index in [-0.39, 0.29) is 5.97 Å². The Morgan fingerprint density at radius 1 is 1.19 bits per heavy atom. The maximum Gasteiger partial charge on any atom is 0.341 e. The van der Waals surface area contributed by atoms with Crippen molar-refractivity contribution in [1.82, 2.24) is 5.32 Å². The molecule has 2 aliphatic rings. The predicted octanol–water partition coefficient (Wildman–Crippen LogP) is 5.06. The molecule has 144 valence electrons. The van der Waals surface area contributed by atoms with E-state index in [1.807, 2.05) is 6.92 Å². The molecule has 2 unspecified atom stereocenters. The van der Waals surface area contributed by atoms with E-state index in [1.165, 1.54) is 42.5 Å². The quantitative estimate of drug-likeness (QED) is 0.425. The van der Waals surface area contributed by atoms with E-state index in [0.717, 1.165) is 36.2 Å². The summed E-state index contributed by atoms with van der Waals surface area (Å²) in [5.74, 6) is 0.413. The third kappa shape index (κ3) is 4.58. The van der Waals surface area contributed by atoms with Crippen LogP contribution in [0.1, 0.15) is 79.6 Å². The Balaban J connectivity index is 1.77. The van der Waals surface area contributed by atoms with E-state index in [0.29, 0.717) is 23.7 Å². The second-order valence-electron chi connectivity index (χ2n) is 7.46. The van der Waals surface area contributed by atoms with Crippen LogP contribution in [-0.2, 0) is 17.6 Å². The van der Waals surface area contributed by atoms with Crippen LogP contribution in [0.5, 0.6) is 0 Å². The van der Waals surface area contributed by atoms with Crippen LogP contribution in [0.3, 0.4) is 0 Å². The second kappa shape index (κ2) is 9.18. The number of thiocarbonyl (C=S) groups is 1. The fourth-order valence-electron chi connectivity index (χ4n) is 4.09. The summed E-state index contributed by atoms with van der Waals surface area (Å²) >= 11 is 7.26. The van der Waals surface area contributed by atoms with Gasteiger partial charge in [0.25, 0.3) is 0 Å². The summed E-state index contributed by atoms with van der Waals surface area (Å²) in [5.41, 5.74) is 1.90. The van der Waals surface area contributed by atoms with Crippen LogP contribution in [0.2, 0.25) is 0 Å². The van der Waals surface area contributed by atoms with Crippen molar-refractivity contribution in [2.45, 2.75) is 77.7 Å². The van der Waals surface area contributed by atoms with Gasteiger partial charge in [-0.05, 0) is 69.1 Å². The van der Waals surface area contributed by atoms with Gasteiger partial charge >= 0.3 is 5.97 Å². The van der Waals surface area contributed by atoms with Crippen molar-refractivity contribution in [3.8, 4) is 0 Å². The summed E-state index contributed by atoms with van der Waals surface area (Å²) in [5, 5.41) is 8.30. The molecule has 1 fully saturated rings. The van der Waals surface area contributed by atoms with Crippen molar-refractivity contribution in [1.29, 1.82) is 0 Å². The normalized spacial score (nSPS) is 22.8. The van der Waals surface area contributed by atoms with E-state index >= 15 is 0 Å². The van der Waals surface area contributed by atoms with E-state index in [1.54, 1.807) is 11.3 Å². The molecule has 3 rings (SSSR count). The van der Waals surface area contributed by atoms with Crippen LogP contribution in [0.15, 0.2) is 0 Å². The number of thiophene rings is 1. The monoisotopic (exact) mass is 394 g/mol. The molecule has 0 bridgehead atoms. The molecule has 1 aromatic heterocycles. The molecule has 1 aromatic rings. The number of carbonyl (C=O) groups excluding carboxylic acids is 1. The third-order valence-corrected chi connectivity index (χ3v) is 6.98. The molecular formula is C20H30N2O2S2. The topological polar surface area (TPSA) is 50.4 Å². The first kappa shape index (κ1) is 19.6. The number of aryl methyl sites for hydroxylation is 1. The predicted molar refractivity (Wildman–Crippen MR) is 112 cm³/mol. The zero-order chi connectivity index (χ0) is 18.5. The molecule has 0 radical (unpaired) electrons. The number of hydrogen-bond acceptors (Lipinski definition) is 4. The largest absolute Gasteiger partial charge is 0.462 e. The van der Waals surface area contributed by atoms with Gasteiger partial charge in [0.15, 0.2) is 5.11 Å². The van der Waals surface area contributed by atoms with E-state index in [9.17, 15) is 4.79 Å². The lowest BCUT2D eigenvalue weighted by molar-refractivity contribution is 0.0527. The fourth-order valence-corrected chi connectivity index (χ4v) is 5.69. The molecule has 1 saturated carbocycles. The lowest BCUT2D eigenvalue weighted by atomic mass is 9.86. The number of rotatable bonds is 4. The van der Waals surface area contributed by atoms with Crippen LogP contribution < -0.4 is 10.6 Å². The Morgan fingerprint density at radius 2 is 1.96 bits per heavy atom. The van der Waals surface area contributed by atoms with Crippen LogP contribution in [-0.4, -0.2) is 23.7 Å². The highest BCUT2D eigenvalue weighted by Gasteiger charge is 2.27. The van der Waals surface area contributed by atoms with Gasteiger partial charge in [-0.2, -0.15) is 0 Å². The molecule has 26 heavy (non-hydrogen) atoms. The highest BCUT2D eigenvalue weighted by atomic mass is 32.1. The van der Waals surface area contributed by atoms with Crippen LogP contribution in [0, 0.1) is 5.92 Å². The van der Waals surface area contributed by atoms with E-state index in [2.05, 4.69) is 17.6 Å². The second-order valence-corrected chi connectivity index (χ2v) is 8.97. The molecular weight excluding hydrogens is 364 g/mol. The van der Waals surface area contributed by atoms with Crippen molar-refractivity contribution < 1.29 is 9.53 Å². The molecule has 2 aliphatic carbocycles. The molecule has 2 atom stereocenters. The average Bonchev–Trinajstić information content (AvgIpc) is 2.78. The lowest BCUT2D eigenvalue weighted by Crippen LogP contribution is -2.43. The molecule has 0 spiro atoms. The van der Waals surface area contributed by atoms with Gasteiger partial charge < -0.3 is 15.4 Å². The van der Waals surface area contributed by atoms with Gasteiger partial charge in [0.05, 0.1) is 12.2 Å². The average molecular weight is 395 g/mol. The van der Waals surface area contributed by atoms with E-state index < -0.39 is 0 Å². The highest BCUT2D eigenvalue weighted by Crippen LogP contribution is 2.38. The number of esters is 1. The Morgan fingerprint density at radius 3 is 2.73 bits per heavy atom. The van der Waals surface area contributed by atoms with Gasteiger partial charge in [-0.3, -0.25) is 0 Å². The summed E-state index contributed by atoms with van der Waals surface area (Å²) in [4.78, 5) is 13.9. The molecule has 4 nitrogen and oxygen atoms in total. The number of carbonyl (C=O) groups is 1. The number of nitrogens with one attached hydrogen (secondary N) is 2. The summed E-state index contributed by atoms with van der Waals surface area (Å²) in [6.07, 6.45) is 10.5. The van der Waals surface area contributed by atoms with Crippen molar-refractivity contribution in [3.05, 3.63) is 16.0 Å². The molecule has 2 N–H and O–H groups in total. The number of hydrogen-bond donors (Lipinski definition) is 2. The molecule has 0 saturated heterocycles. The number of ether oxygens (including phenoxy) is 1. The van der Waals surface area contributed by atoms with Crippen LogP contribution in [0.25, 0.3) is 0 Å². The van der Waals surface area contributed by atoms with Crippen LogP contribution >= 0.6 is 23.6 Å². The van der Waals surface area contributed by atoms with Crippen molar-refractivity contribution in [2.24, 2.45) is 5.92 Å². The van der Waals surface area contributed by atoms with Crippen molar-refractivity contribution in [3.63, 3.8) is 0 Å². The van der Waals surface area contributed by atoms with Gasteiger partial charge in [-0.15, -0.1) is 11.3 Å². The molecule has 0 amide bonds. The molecule has 0 aromatic carbocycles. The minimum atomic E-state index is -0.219. The van der Waals surface area contributed by atoms with Gasteiger partial charge in [-0.1, -0.05) is 26.2 Å². The van der Waals surface area contributed by atoms with Gasteiger partial charge in [-0.25, -0.2) is 4.79 Å². The van der Waals surface area contributed by atoms with Crippen molar-refractivity contribution in [2.75, 3.05) is 11.9 Å². The Kier molecular flexibility index (Phi) is 6.92. The SMILES string of the molecule is CCOC(=O)c1c(NC(=S)NC2CCCCC2C)sc2c1CCCCC2. The number of fused-ring (bicyclic) bond motifs is 1. The first-order chi connectivity index (χ1) is 12.6. The first-order valence-corrected chi connectivity index (χ1v) is 11.2. The third-order valence-electron chi connectivity index (χ3n) is 5.56. The minimum absolute atomic E-state index is 0.219. The van der Waals surface area contributed by atoms with Gasteiger partial charge in [0.1, 0.15) is 5.00 Å². The minimum Gasteiger partial charge on any atom is -0.462 e. The highest BCUT2D eigenvalue weighted by molar-refractivity contribution is 7.80. The smallest absolute Gasteiger partial charge is 0.341 e. The summed E-state index contributed by atoms with van der Waals surface area (Å²) < 4.78 is 5.35. The summed E-state index contributed by atoms with van der Waals surface area (Å²) in [6, 6.07) is 0.424. The lowest BCUT2D eigenvalue weighted by Gasteiger charge is -2.30. The zero-order valence-corrected chi connectivity index (χ0v) is 17.5. The number of anilines is 1. The zero-order valence-electron chi connectivity index (χ0n) is 15.9. The van der Waals surface area contributed by atoms with Crippen molar-refractivity contribution >= 4 is 39.6 Å². The maximum absolute atomic E-state index is 12.6. The Hall–Kier alpha value is -1.14. The Labute approximate surface area is 166 Å². The van der Waals surface area contributed by atoms with Crippen LogP contribution in [0.4, 0.5) is 5.00 Å². The Bertz CT molecular complexity index is 656. The first-order valence-electron chi connectivity index (χ1n) is 9.99. The van der Waals surface area contributed by atoms with E-state index in [4.69, 9.17) is 17.0 Å². The van der Waals surface area contributed by atoms with Gasteiger partial charge in [0.2, 0.25) is 0 Å². The molecule has 1 heterocycles. The maximum atomic E-state index is 12.6. The molecule has 6 heteroatoms. The summed E-state index contributed by atoms with van der Waals surface area (Å²) in [6.45, 7) is 4.54. The fraction of sp³-hybridized carbons (Fsp3) is 0.700. The van der Waals surface area contributed by atoms with Gasteiger partial charge in [0, 0.05) is 10.9 Å². The summed E-state index contributed by atoms with van der Waals surface area (Å²) in [7, 11) is 0. The standard InChI is InChI=1S/C20H30N2O2S2/c1-3-24-19(23)17-14-10-5-4-6-12-16(14)26-18(17)22-20(25)21-15-11-8-7-9-13(15)2/h13,15H,3-12H2,1-2H3,(H2,21,22,25).